The van der Waals surface area contributed by atoms with E-state index >= 15 is 0 Å². The number of benzene rings is 1. The minimum absolute atomic E-state index is 0.321. The Morgan fingerprint density at radius 3 is 2.63 bits per heavy atom. The number of hydrogen-bond donors (Lipinski definition) is 1. The Morgan fingerprint density at radius 2 is 1.89 bits per heavy atom. The number of allylic oxidation sites excluding steroid dienone is 4. The maximum absolute atomic E-state index is 13.4. The summed E-state index contributed by atoms with van der Waals surface area (Å²) in [5, 5.41) is 2.75. The lowest BCUT2D eigenvalue weighted by Gasteiger charge is -2.22. The van der Waals surface area contributed by atoms with E-state index in [1.807, 2.05) is 6.07 Å². The molecule has 3 nitrogen and oxygen atoms in total. The van der Waals surface area contributed by atoms with Crippen LogP contribution in [0.15, 0.2) is 54.3 Å². The fourth-order valence-corrected chi connectivity index (χ4v) is 4.16. The lowest BCUT2D eigenvalue weighted by atomic mass is 9.83. The van der Waals surface area contributed by atoms with Crippen LogP contribution in [-0.4, -0.2) is 10.9 Å². The number of pyridine rings is 1. The minimum Gasteiger partial charge on any atom is -0.307 e. The van der Waals surface area contributed by atoms with Gasteiger partial charge in [-0.3, -0.25) is 4.79 Å². The molecule has 1 saturated carbocycles. The number of aryl methyl sites for hydroxylation is 1. The van der Waals surface area contributed by atoms with Gasteiger partial charge in [-0.1, -0.05) is 24.6 Å². The van der Waals surface area contributed by atoms with Crippen LogP contribution < -0.4 is 5.32 Å². The van der Waals surface area contributed by atoms with Crippen LogP contribution in [0, 0.1) is 24.6 Å². The number of fused-ring (bicyclic) bond motifs is 1. The van der Waals surface area contributed by atoms with E-state index < -0.39 is 5.82 Å². The summed E-state index contributed by atoms with van der Waals surface area (Å²) in [5.41, 5.74) is 4.65. The van der Waals surface area contributed by atoms with Gasteiger partial charge in [-0.15, -0.1) is 0 Å². The summed E-state index contributed by atoms with van der Waals surface area (Å²) in [4.78, 5) is 16.8. The Kier molecular flexibility index (Phi) is 4.65. The van der Waals surface area contributed by atoms with Gasteiger partial charge in [0.25, 0.3) is 5.91 Å². The molecule has 1 heterocycles. The Labute approximate surface area is 159 Å². The van der Waals surface area contributed by atoms with Crippen LogP contribution in [-0.2, 0) is 0 Å². The van der Waals surface area contributed by atoms with Crippen molar-refractivity contribution in [2.75, 3.05) is 5.32 Å². The van der Waals surface area contributed by atoms with Crippen molar-refractivity contribution in [2.45, 2.75) is 33.1 Å². The monoisotopic (exact) mass is 362 g/mol. The molecule has 27 heavy (non-hydrogen) atoms. The number of hydrogen-bond acceptors (Lipinski definition) is 2. The number of halogens is 1. The summed E-state index contributed by atoms with van der Waals surface area (Å²) in [5.74, 6) is 1.01. The maximum atomic E-state index is 13.4. The Hall–Kier alpha value is -2.75. The summed E-state index contributed by atoms with van der Waals surface area (Å²) >= 11 is 0. The van der Waals surface area contributed by atoms with E-state index in [9.17, 15) is 9.18 Å². The van der Waals surface area contributed by atoms with E-state index in [1.165, 1.54) is 42.5 Å². The van der Waals surface area contributed by atoms with E-state index in [0.29, 0.717) is 23.2 Å². The lowest BCUT2D eigenvalue weighted by molar-refractivity contribution is 0.102. The highest BCUT2D eigenvalue weighted by Gasteiger charge is 2.28. The zero-order valence-electron chi connectivity index (χ0n) is 15.6. The minimum atomic E-state index is -0.425. The van der Waals surface area contributed by atoms with Crippen molar-refractivity contribution in [3.05, 3.63) is 76.8 Å². The van der Waals surface area contributed by atoms with Gasteiger partial charge in [0.1, 0.15) is 11.6 Å². The summed E-state index contributed by atoms with van der Waals surface area (Å²) in [6.07, 6.45) is 10.4. The first kappa shape index (κ1) is 17.7. The third-order valence-corrected chi connectivity index (χ3v) is 5.65. The molecular weight excluding hydrogens is 339 g/mol. The number of rotatable bonds is 3. The molecule has 2 aliphatic carbocycles. The molecule has 0 spiro atoms. The Morgan fingerprint density at radius 1 is 1.11 bits per heavy atom. The van der Waals surface area contributed by atoms with Crippen LogP contribution in [0.1, 0.15) is 47.7 Å². The predicted octanol–water partition coefficient (Wildman–Crippen LogP) is 5.54. The zero-order valence-corrected chi connectivity index (χ0v) is 15.6. The molecule has 0 saturated heterocycles. The normalized spacial score (nSPS) is 21.3. The fourth-order valence-electron chi connectivity index (χ4n) is 4.16. The molecule has 4 rings (SSSR count). The number of carbonyl (C=O) groups is 1. The van der Waals surface area contributed by atoms with Crippen molar-refractivity contribution in [1.29, 1.82) is 0 Å². The maximum Gasteiger partial charge on any atom is 0.257 e. The molecule has 1 aromatic heterocycles. The zero-order chi connectivity index (χ0) is 19.0. The van der Waals surface area contributed by atoms with Crippen molar-refractivity contribution >= 4 is 17.3 Å². The third kappa shape index (κ3) is 3.57. The number of amides is 1. The highest BCUT2D eigenvalue weighted by molar-refractivity contribution is 6.04. The van der Waals surface area contributed by atoms with Crippen molar-refractivity contribution < 1.29 is 9.18 Å². The van der Waals surface area contributed by atoms with Gasteiger partial charge in [0.2, 0.25) is 0 Å². The molecular formula is C23H23FN2O. The van der Waals surface area contributed by atoms with Crippen LogP contribution >= 0.6 is 0 Å². The summed E-state index contributed by atoms with van der Waals surface area (Å²) in [6, 6.07) is 7.98. The second kappa shape index (κ2) is 7.10. The van der Waals surface area contributed by atoms with Gasteiger partial charge in [-0.05, 0) is 79.5 Å². The average molecular weight is 362 g/mol. The van der Waals surface area contributed by atoms with Crippen molar-refractivity contribution in [3.8, 4) is 0 Å². The van der Waals surface area contributed by atoms with Gasteiger partial charge in [-0.2, -0.15) is 0 Å². The topological polar surface area (TPSA) is 42.0 Å². The van der Waals surface area contributed by atoms with Gasteiger partial charge in [0.15, 0.2) is 0 Å². The van der Waals surface area contributed by atoms with Gasteiger partial charge in [0.05, 0.1) is 0 Å². The van der Waals surface area contributed by atoms with E-state index in [1.54, 1.807) is 25.3 Å². The first-order valence-corrected chi connectivity index (χ1v) is 9.46. The van der Waals surface area contributed by atoms with Crippen LogP contribution in [0.2, 0.25) is 0 Å². The molecule has 2 unspecified atom stereocenters. The third-order valence-electron chi connectivity index (χ3n) is 5.65. The first-order chi connectivity index (χ1) is 13.0. The molecule has 2 atom stereocenters. The molecule has 1 N–H and O–H groups in total. The molecule has 1 fully saturated rings. The van der Waals surface area contributed by atoms with Crippen LogP contribution in [0.4, 0.5) is 10.2 Å². The molecule has 1 aromatic carbocycles. The molecule has 1 amide bonds. The van der Waals surface area contributed by atoms with Gasteiger partial charge in [-0.25, -0.2) is 9.37 Å². The fraction of sp³-hybridized carbons (Fsp3) is 0.304. The van der Waals surface area contributed by atoms with Crippen LogP contribution in [0.5, 0.6) is 0 Å². The summed E-state index contributed by atoms with van der Waals surface area (Å²) < 4.78 is 13.4. The molecule has 2 aliphatic rings. The molecule has 2 aromatic rings. The predicted molar refractivity (Wildman–Crippen MR) is 106 cm³/mol. The SMILES string of the molecule is CC1=CC2CCCC2C=C1c1ccc(NC(=O)c2cc(F)ccc2C)nc1. The smallest absolute Gasteiger partial charge is 0.257 e. The highest BCUT2D eigenvalue weighted by Crippen LogP contribution is 2.42. The number of aromatic nitrogens is 1. The van der Waals surface area contributed by atoms with Gasteiger partial charge in [0, 0.05) is 17.3 Å². The molecule has 0 radical (unpaired) electrons. The summed E-state index contributed by atoms with van der Waals surface area (Å²) in [7, 11) is 0. The van der Waals surface area contributed by atoms with E-state index in [-0.39, 0.29) is 5.91 Å². The van der Waals surface area contributed by atoms with Crippen LogP contribution in [0.25, 0.3) is 5.57 Å². The number of anilines is 1. The quantitative estimate of drug-likeness (QED) is 0.779. The van der Waals surface area contributed by atoms with Crippen molar-refractivity contribution in [2.24, 2.45) is 11.8 Å². The lowest BCUT2D eigenvalue weighted by Crippen LogP contribution is -2.14. The number of nitrogens with zero attached hydrogens (tertiary/aromatic N) is 1. The number of carbonyl (C=O) groups excluding carboxylic acids is 1. The van der Waals surface area contributed by atoms with Crippen molar-refractivity contribution in [3.63, 3.8) is 0 Å². The van der Waals surface area contributed by atoms with E-state index in [0.717, 1.165) is 11.1 Å². The van der Waals surface area contributed by atoms with Gasteiger partial charge < -0.3 is 5.32 Å². The molecule has 138 valence electrons. The summed E-state index contributed by atoms with van der Waals surface area (Å²) in [6.45, 7) is 3.94. The van der Waals surface area contributed by atoms with Gasteiger partial charge >= 0.3 is 0 Å². The first-order valence-electron chi connectivity index (χ1n) is 9.46. The van der Waals surface area contributed by atoms with Crippen LogP contribution in [0.3, 0.4) is 0 Å². The largest absolute Gasteiger partial charge is 0.307 e. The standard InChI is InChI=1S/C23H23FN2O/c1-14-6-8-19(24)12-21(14)23(27)26-22-9-7-18(13-25-22)20-11-17-5-3-4-16(17)10-15(20)2/h6-13,16-17H,3-5H2,1-2H3,(H,25,26,27). The number of nitrogens with one attached hydrogen (secondary N) is 1. The Bertz CT molecular complexity index is 943. The van der Waals surface area contributed by atoms with Crippen molar-refractivity contribution in [1.82, 2.24) is 4.98 Å². The Balaban J connectivity index is 1.52. The second-order valence-corrected chi connectivity index (χ2v) is 7.53. The molecule has 0 bridgehead atoms. The average Bonchev–Trinajstić information content (AvgIpc) is 3.11. The van der Waals surface area contributed by atoms with E-state index in [2.05, 4.69) is 29.4 Å². The molecule has 0 aliphatic heterocycles. The second-order valence-electron chi connectivity index (χ2n) is 7.53. The molecule has 4 heteroatoms. The van der Waals surface area contributed by atoms with E-state index in [4.69, 9.17) is 0 Å². The highest BCUT2D eigenvalue weighted by atomic mass is 19.1.